The zero-order valence-corrected chi connectivity index (χ0v) is 18.3. The maximum absolute atomic E-state index is 13.3. The van der Waals surface area contributed by atoms with E-state index in [4.69, 9.17) is 0 Å². The summed E-state index contributed by atoms with van der Waals surface area (Å²) in [6, 6.07) is 10.9. The fraction of sp³-hybridized carbons (Fsp3) is 0.391. The van der Waals surface area contributed by atoms with Gasteiger partial charge in [0.15, 0.2) is 0 Å². The lowest BCUT2D eigenvalue weighted by atomic mass is 10.00. The van der Waals surface area contributed by atoms with Gasteiger partial charge in [-0.2, -0.15) is 4.31 Å². The average Bonchev–Trinajstić information content (AvgIpc) is 3.22. The van der Waals surface area contributed by atoms with E-state index >= 15 is 0 Å². The van der Waals surface area contributed by atoms with Crippen LogP contribution >= 0.6 is 0 Å². The van der Waals surface area contributed by atoms with Crippen LogP contribution in [-0.4, -0.2) is 62.2 Å². The van der Waals surface area contributed by atoms with E-state index in [2.05, 4.69) is 0 Å². The van der Waals surface area contributed by atoms with Gasteiger partial charge in [0.25, 0.3) is 5.91 Å². The van der Waals surface area contributed by atoms with Crippen molar-refractivity contribution in [1.29, 1.82) is 0 Å². The molecule has 1 fully saturated rings. The maximum atomic E-state index is 13.3. The molecule has 0 spiro atoms. The molecule has 8 heteroatoms. The molecule has 31 heavy (non-hydrogen) atoms. The first-order chi connectivity index (χ1) is 14.8. The molecule has 5 rings (SSSR count). The van der Waals surface area contributed by atoms with E-state index < -0.39 is 10.0 Å². The largest absolute Gasteiger partial charge is 0.336 e. The van der Waals surface area contributed by atoms with Crippen molar-refractivity contribution in [3.8, 4) is 0 Å². The van der Waals surface area contributed by atoms with E-state index in [1.807, 2.05) is 31.2 Å². The SMILES string of the molecule is Cc1ccc(C(=O)N2CCN(S(=O)(=O)c3cc4c5c(c3)CCN5C(=O)CC4)CC2)cc1. The summed E-state index contributed by atoms with van der Waals surface area (Å²) in [5, 5.41) is 0. The molecular weight excluding hydrogens is 414 g/mol. The van der Waals surface area contributed by atoms with Gasteiger partial charge in [0.05, 0.1) is 10.6 Å². The monoisotopic (exact) mass is 439 g/mol. The molecule has 0 saturated carbocycles. The van der Waals surface area contributed by atoms with Crippen molar-refractivity contribution < 1.29 is 18.0 Å². The summed E-state index contributed by atoms with van der Waals surface area (Å²) in [7, 11) is -3.65. The number of amides is 2. The Labute approximate surface area is 182 Å². The van der Waals surface area contributed by atoms with Crippen molar-refractivity contribution >= 4 is 27.5 Å². The highest BCUT2D eigenvalue weighted by Gasteiger charge is 2.35. The summed E-state index contributed by atoms with van der Waals surface area (Å²) in [4.78, 5) is 28.7. The van der Waals surface area contributed by atoms with E-state index in [9.17, 15) is 18.0 Å². The van der Waals surface area contributed by atoms with Gasteiger partial charge in [0.2, 0.25) is 15.9 Å². The van der Waals surface area contributed by atoms with Gasteiger partial charge in [-0.05, 0) is 55.2 Å². The molecule has 1 saturated heterocycles. The number of anilines is 1. The first-order valence-electron chi connectivity index (χ1n) is 10.7. The minimum Gasteiger partial charge on any atom is -0.336 e. The number of aryl methyl sites for hydroxylation is 2. The number of benzene rings is 2. The molecule has 0 atom stereocenters. The summed E-state index contributed by atoms with van der Waals surface area (Å²) in [6.45, 7) is 3.89. The fourth-order valence-electron chi connectivity index (χ4n) is 4.73. The van der Waals surface area contributed by atoms with Gasteiger partial charge in [-0.3, -0.25) is 9.59 Å². The Morgan fingerprint density at radius 1 is 0.871 bits per heavy atom. The molecule has 0 radical (unpaired) electrons. The summed E-state index contributed by atoms with van der Waals surface area (Å²) in [5.41, 5.74) is 4.52. The summed E-state index contributed by atoms with van der Waals surface area (Å²) < 4.78 is 28.2. The van der Waals surface area contributed by atoms with Crippen LogP contribution in [0.2, 0.25) is 0 Å². The van der Waals surface area contributed by atoms with E-state index in [-0.39, 0.29) is 24.9 Å². The van der Waals surface area contributed by atoms with Gasteiger partial charge in [-0.1, -0.05) is 17.7 Å². The molecule has 2 amide bonds. The Kier molecular flexibility index (Phi) is 4.86. The molecular formula is C23H25N3O4S. The van der Waals surface area contributed by atoms with Crippen molar-refractivity contribution in [1.82, 2.24) is 9.21 Å². The van der Waals surface area contributed by atoms with Gasteiger partial charge in [0, 0.05) is 44.7 Å². The molecule has 3 aliphatic rings. The molecule has 7 nitrogen and oxygen atoms in total. The van der Waals surface area contributed by atoms with E-state index in [1.54, 1.807) is 21.9 Å². The van der Waals surface area contributed by atoms with Crippen LogP contribution in [0.1, 0.15) is 33.5 Å². The highest BCUT2D eigenvalue weighted by Crippen LogP contribution is 2.39. The number of nitrogens with zero attached hydrogens (tertiary/aromatic N) is 3. The van der Waals surface area contributed by atoms with Crippen LogP contribution in [0.25, 0.3) is 0 Å². The summed E-state index contributed by atoms with van der Waals surface area (Å²) in [5.74, 6) is 0.0555. The zero-order chi connectivity index (χ0) is 21.8. The molecule has 3 aliphatic heterocycles. The molecule has 2 aromatic carbocycles. The third-order valence-electron chi connectivity index (χ3n) is 6.49. The van der Waals surface area contributed by atoms with Crippen LogP contribution in [-0.2, 0) is 27.7 Å². The van der Waals surface area contributed by atoms with Crippen LogP contribution < -0.4 is 4.90 Å². The quantitative estimate of drug-likeness (QED) is 0.733. The summed E-state index contributed by atoms with van der Waals surface area (Å²) >= 11 is 0. The molecule has 162 valence electrons. The number of carbonyl (C=O) groups excluding carboxylic acids is 2. The molecule has 0 N–H and O–H groups in total. The smallest absolute Gasteiger partial charge is 0.253 e. The lowest BCUT2D eigenvalue weighted by Gasteiger charge is -2.34. The molecule has 0 unspecified atom stereocenters. The predicted octanol–water partition coefficient (Wildman–Crippen LogP) is 1.98. The minimum atomic E-state index is -3.65. The Morgan fingerprint density at radius 2 is 1.52 bits per heavy atom. The molecule has 0 bridgehead atoms. The molecule has 0 aliphatic carbocycles. The molecule has 3 heterocycles. The van der Waals surface area contributed by atoms with Crippen molar-refractivity contribution in [3.05, 3.63) is 58.7 Å². The van der Waals surface area contributed by atoms with Crippen molar-refractivity contribution in [2.24, 2.45) is 0 Å². The van der Waals surface area contributed by atoms with E-state index in [0.717, 1.165) is 22.4 Å². The van der Waals surface area contributed by atoms with Crippen molar-refractivity contribution in [3.63, 3.8) is 0 Å². The van der Waals surface area contributed by atoms with E-state index in [1.165, 1.54) is 4.31 Å². The lowest BCUT2D eigenvalue weighted by Crippen LogP contribution is -2.50. The van der Waals surface area contributed by atoms with Crippen LogP contribution in [0.5, 0.6) is 0 Å². The number of hydrogen-bond acceptors (Lipinski definition) is 4. The summed E-state index contributed by atoms with van der Waals surface area (Å²) in [6.07, 6.45) is 1.70. The minimum absolute atomic E-state index is 0.0660. The van der Waals surface area contributed by atoms with Gasteiger partial charge in [-0.25, -0.2) is 8.42 Å². The van der Waals surface area contributed by atoms with Gasteiger partial charge >= 0.3 is 0 Å². The van der Waals surface area contributed by atoms with Crippen LogP contribution in [0.15, 0.2) is 41.3 Å². The number of hydrogen-bond donors (Lipinski definition) is 0. The third kappa shape index (κ3) is 3.43. The Hall–Kier alpha value is -2.71. The number of rotatable bonds is 3. The normalized spacial score (nSPS) is 18.9. The highest BCUT2D eigenvalue weighted by atomic mass is 32.2. The van der Waals surface area contributed by atoms with E-state index in [0.29, 0.717) is 49.4 Å². The highest BCUT2D eigenvalue weighted by molar-refractivity contribution is 7.89. The first kappa shape index (κ1) is 20.2. The van der Waals surface area contributed by atoms with Crippen LogP contribution in [0.4, 0.5) is 5.69 Å². The van der Waals surface area contributed by atoms with Gasteiger partial charge < -0.3 is 9.80 Å². The number of carbonyl (C=O) groups is 2. The second kappa shape index (κ2) is 7.46. The average molecular weight is 440 g/mol. The van der Waals surface area contributed by atoms with Gasteiger partial charge in [0.1, 0.15) is 0 Å². The van der Waals surface area contributed by atoms with Gasteiger partial charge in [-0.15, -0.1) is 0 Å². The van der Waals surface area contributed by atoms with Crippen LogP contribution in [0.3, 0.4) is 0 Å². The predicted molar refractivity (Wildman–Crippen MR) is 117 cm³/mol. The third-order valence-corrected chi connectivity index (χ3v) is 8.36. The number of sulfonamides is 1. The molecule has 0 aromatic heterocycles. The first-order valence-corrected chi connectivity index (χ1v) is 12.1. The standard InChI is InChI=1S/C23H25N3O4S/c1-16-2-4-17(5-3-16)23(28)24-10-12-25(13-11-24)31(29,30)20-14-18-6-7-21(27)26-9-8-19(15-20)22(18)26/h2-5,14-15H,6-13H2,1H3. The zero-order valence-electron chi connectivity index (χ0n) is 17.5. The van der Waals surface area contributed by atoms with Crippen LogP contribution in [0, 0.1) is 6.92 Å². The van der Waals surface area contributed by atoms with Crippen molar-refractivity contribution in [2.45, 2.75) is 31.1 Å². The lowest BCUT2D eigenvalue weighted by molar-refractivity contribution is -0.118. The second-order valence-corrected chi connectivity index (χ2v) is 10.4. The second-order valence-electron chi connectivity index (χ2n) is 8.45. The topological polar surface area (TPSA) is 78.0 Å². The Balaban J connectivity index is 1.33. The fourth-order valence-corrected chi connectivity index (χ4v) is 6.26. The van der Waals surface area contributed by atoms with Crippen molar-refractivity contribution in [2.75, 3.05) is 37.6 Å². The Bertz CT molecular complexity index is 1170. The maximum Gasteiger partial charge on any atom is 0.253 e. The number of piperazine rings is 1. The molecule has 2 aromatic rings. The Morgan fingerprint density at radius 3 is 2.19 bits per heavy atom.